The smallest absolute Gasteiger partial charge is 0.185 e. The van der Waals surface area contributed by atoms with E-state index in [1.807, 2.05) is 0 Å². The predicted molar refractivity (Wildman–Crippen MR) is 121 cm³/mol. The minimum absolute atomic E-state index is 0.00553. The van der Waals surface area contributed by atoms with Crippen molar-refractivity contribution < 1.29 is 15.1 Å². The number of hydrogen-bond acceptors (Lipinski definition) is 5. The monoisotopic (exact) mass is 436 g/mol. The van der Waals surface area contributed by atoms with Gasteiger partial charge in [0.15, 0.2) is 5.96 Å². The van der Waals surface area contributed by atoms with Crippen molar-refractivity contribution in [2.24, 2.45) is 40.2 Å². The van der Waals surface area contributed by atoms with Gasteiger partial charge in [-0.1, -0.05) is 13.8 Å². The molecule has 8 atom stereocenters. The Hall–Kier alpha value is -0.890. The number of aliphatic hydroxyl groups is 2. The first-order chi connectivity index (χ1) is 14.7. The van der Waals surface area contributed by atoms with Crippen molar-refractivity contribution >= 4 is 5.96 Å². The van der Waals surface area contributed by atoms with Gasteiger partial charge in [-0.3, -0.25) is 5.41 Å². The van der Waals surface area contributed by atoms with E-state index in [0.717, 1.165) is 64.3 Å². The Kier molecular flexibility index (Phi) is 6.61. The van der Waals surface area contributed by atoms with E-state index in [4.69, 9.17) is 16.0 Å². The highest BCUT2D eigenvalue weighted by atomic mass is 16.6. The number of nitrogens with one attached hydrogen (secondary N) is 3. The van der Waals surface area contributed by atoms with Crippen molar-refractivity contribution in [2.75, 3.05) is 19.7 Å². The second-order valence-electron chi connectivity index (χ2n) is 11.4. The van der Waals surface area contributed by atoms with Crippen LogP contribution in [0.3, 0.4) is 0 Å². The van der Waals surface area contributed by atoms with Crippen LogP contribution in [-0.2, 0) is 4.84 Å². The highest BCUT2D eigenvalue weighted by Gasteiger charge is 2.66. The standard InChI is InChI=1S/C24H44N4O3/c1-22-9-7-18(29)14-16(22)4-5-20-19(22)8-10-23(2)17(6-11-24(20,23)30)15-28-31-13-3-12-27-21(25)26/h16-20,28-30H,3-15H2,1-2H3,(H4,25,26,27)/t16-,17-,18+,19+,20-,22+,23-,24+/m1/s1. The Morgan fingerprint density at radius 3 is 2.68 bits per heavy atom. The first-order valence-corrected chi connectivity index (χ1v) is 12.5. The fourth-order valence-electron chi connectivity index (χ4n) is 8.24. The van der Waals surface area contributed by atoms with Crippen LogP contribution < -0.4 is 16.5 Å². The fraction of sp³-hybridized carbons (Fsp3) is 0.958. The van der Waals surface area contributed by atoms with Gasteiger partial charge in [0.2, 0.25) is 0 Å². The maximum atomic E-state index is 12.2. The number of rotatable bonds is 7. The zero-order valence-corrected chi connectivity index (χ0v) is 19.5. The predicted octanol–water partition coefficient (Wildman–Crippen LogP) is 2.52. The average Bonchev–Trinajstić information content (AvgIpc) is 2.99. The Bertz CT molecular complexity index is 663. The molecule has 4 saturated carbocycles. The third-order valence-electron chi connectivity index (χ3n) is 10.2. The quantitative estimate of drug-likeness (QED) is 0.158. The van der Waals surface area contributed by atoms with Crippen LogP contribution >= 0.6 is 0 Å². The van der Waals surface area contributed by atoms with Gasteiger partial charge in [0.25, 0.3) is 0 Å². The lowest BCUT2D eigenvalue weighted by Crippen LogP contribution is -2.62. The molecule has 31 heavy (non-hydrogen) atoms. The largest absolute Gasteiger partial charge is 0.393 e. The molecule has 0 aromatic carbocycles. The molecule has 7 heteroatoms. The molecule has 0 heterocycles. The van der Waals surface area contributed by atoms with Crippen LogP contribution in [0.5, 0.6) is 0 Å². The molecular formula is C24H44N4O3. The van der Waals surface area contributed by atoms with E-state index >= 15 is 0 Å². The van der Waals surface area contributed by atoms with Gasteiger partial charge in [0.1, 0.15) is 0 Å². The second-order valence-corrected chi connectivity index (χ2v) is 11.4. The zero-order chi connectivity index (χ0) is 22.3. The first-order valence-electron chi connectivity index (χ1n) is 12.5. The first kappa shape index (κ1) is 23.3. The summed E-state index contributed by atoms with van der Waals surface area (Å²) in [6.07, 6.45) is 10.2. The average molecular weight is 437 g/mol. The summed E-state index contributed by atoms with van der Waals surface area (Å²) >= 11 is 0. The van der Waals surface area contributed by atoms with Crippen molar-refractivity contribution in [3.05, 3.63) is 0 Å². The van der Waals surface area contributed by atoms with Gasteiger partial charge in [0, 0.05) is 18.5 Å². The molecular weight excluding hydrogens is 392 g/mol. The molecule has 0 amide bonds. The Morgan fingerprint density at radius 2 is 1.90 bits per heavy atom. The van der Waals surface area contributed by atoms with Crippen molar-refractivity contribution in [3.8, 4) is 0 Å². The molecule has 4 rings (SSSR count). The molecule has 178 valence electrons. The lowest BCUT2D eigenvalue weighted by Gasteiger charge is -2.63. The van der Waals surface area contributed by atoms with E-state index in [1.165, 1.54) is 6.42 Å². The lowest BCUT2D eigenvalue weighted by molar-refractivity contribution is -0.211. The molecule has 7 N–H and O–H groups in total. The van der Waals surface area contributed by atoms with Gasteiger partial charge in [-0.15, -0.1) is 0 Å². The molecule has 0 bridgehead atoms. The lowest BCUT2D eigenvalue weighted by atomic mass is 9.43. The molecule has 0 aromatic rings. The fourth-order valence-corrected chi connectivity index (χ4v) is 8.24. The molecule has 4 aliphatic rings. The molecule has 0 spiro atoms. The number of aliphatic hydroxyl groups excluding tert-OH is 1. The molecule has 0 radical (unpaired) electrons. The van der Waals surface area contributed by atoms with Gasteiger partial charge in [0.05, 0.1) is 18.3 Å². The molecule has 0 unspecified atom stereocenters. The van der Waals surface area contributed by atoms with Crippen LogP contribution in [0.4, 0.5) is 0 Å². The van der Waals surface area contributed by atoms with Crippen molar-refractivity contribution in [1.29, 1.82) is 5.41 Å². The molecule has 4 fully saturated rings. The molecule has 4 aliphatic carbocycles. The number of hydroxylamine groups is 1. The summed E-state index contributed by atoms with van der Waals surface area (Å²) < 4.78 is 0. The normalized spacial score (nSPS) is 46.6. The van der Waals surface area contributed by atoms with Gasteiger partial charge >= 0.3 is 0 Å². The van der Waals surface area contributed by atoms with Gasteiger partial charge in [-0.25, -0.2) is 5.48 Å². The number of guanidine groups is 1. The number of fused-ring (bicyclic) bond motifs is 5. The summed E-state index contributed by atoms with van der Waals surface area (Å²) in [5, 5.41) is 32.3. The van der Waals surface area contributed by atoms with E-state index in [9.17, 15) is 10.2 Å². The summed E-state index contributed by atoms with van der Waals surface area (Å²) in [5.41, 5.74) is 8.11. The number of hydrogen-bond donors (Lipinski definition) is 6. The molecule has 0 saturated heterocycles. The van der Waals surface area contributed by atoms with E-state index < -0.39 is 5.60 Å². The van der Waals surface area contributed by atoms with Gasteiger partial charge in [-0.05, 0) is 93.3 Å². The van der Waals surface area contributed by atoms with Crippen LogP contribution in [-0.4, -0.2) is 47.6 Å². The SMILES string of the molecule is C[C@]12CC[C@H](O)C[C@H]1CC[C@@H]1[C@@H]2CC[C@]2(C)[C@@H](CNOCCCNC(=N)N)CC[C@]12O. The summed E-state index contributed by atoms with van der Waals surface area (Å²) in [6, 6.07) is 0. The minimum Gasteiger partial charge on any atom is -0.393 e. The summed E-state index contributed by atoms with van der Waals surface area (Å²) in [4.78, 5) is 5.63. The highest BCUT2D eigenvalue weighted by Crippen LogP contribution is 2.68. The van der Waals surface area contributed by atoms with Crippen molar-refractivity contribution in [2.45, 2.75) is 89.8 Å². The second kappa shape index (κ2) is 8.81. The Labute approximate surface area is 187 Å². The highest BCUT2D eigenvalue weighted by molar-refractivity contribution is 5.74. The van der Waals surface area contributed by atoms with E-state index in [2.05, 4.69) is 24.6 Å². The summed E-state index contributed by atoms with van der Waals surface area (Å²) in [5.74, 6) is 2.02. The summed E-state index contributed by atoms with van der Waals surface area (Å²) in [6.45, 7) is 6.79. The topological polar surface area (TPSA) is 124 Å². The maximum absolute atomic E-state index is 12.2. The van der Waals surface area contributed by atoms with E-state index in [1.54, 1.807) is 0 Å². The van der Waals surface area contributed by atoms with Crippen LogP contribution in [0.15, 0.2) is 0 Å². The van der Waals surface area contributed by atoms with Crippen LogP contribution in [0.25, 0.3) is 0 Å². The zero-order valence-electron chi connectivity index (χ0n) is 19.5. The third kappa shape index (κ3) is 4.00. The number of nitrogens with two attached hydrogens (primary N) is 1. The summed E-state index contributed by atoms with van der Waals surface area (Å²) in [7, 11) is 0. The maximum Gasteiger partial charge on any atom is 0.185 e. The molecule has 0 aromatic heterocycles. The van der Waals surface area contributed by atoms with Crippen molar-refractivity contribution in [3.63, 3.8) is 0 Å². The van der Waals surface area contributed by atoms with Gasteiger partial charge in [-0.2, -0.15) is 0 Å². The van der Waals surface area contributed by atoms with Crippen LogP contribution in [0.2, 0.25) is 0 Å². The molecule has 7 nitrogen and oxygen atoms in total. The van der Waals surface area contributed by atoms with Crippen molar-refractivity contribution in [1.82, 2.24) is 10.8 Å². The van der Waals surface area contributed by atoms with E-state index in [-0.39, 0.29) is 22.9 Å². The minimum atomic E-state index is -0.572. The third-order valence-corrected chi connectivity index (χ3v) is 10.2. The van der Waals surface area contributed by atoms with Crippen LogP contribution in [0.1, 0.15) is 78.1 Å². The van der Waals surface area contributed by atoms with E-state index in [0.29, 0.717) is 36.8 Å². The van der Waals surface area contributed by atoms with Gasteiger partial charge < -0.3 is 26.1 Å². The van der Waals surface area contributed by atoms with Crippen LogP contribution in [0, 0.1) is 39.9 Å². The molecule has 0 aliphatic heterocycles. The Morgan fingerprint density at radius 1 is 1.10 bits per heavy atom. The Balaban J connectivity index is 1.35.